The molecule has 224 valence electrons. The smallest absolute Gasteiger partial charge is 0.408 e. The lowest BCUT2D eigenvalue weighted by Crippen LogP contribution is -2.57. The SMILES string of the molecule is CC(C)(C)OC(=O)NC1(C(=O)O)CCN(c2cc(Cl)cc(-c3ccc4c(c3)CCO4)c2Cn2cnc3c(N)ncnc32)C1. The molecule has 6 rings (SSSR count). The summed E-state index contributed by atoms with van der Waals surface area (Å²) in [5, 5.41) is 13.4. The van der Waals surface area contributed by atoms with Crippen LogP contribution in [0.25, 0.3) is 22.3 Å². The van der Waals surface area contributed by atoms with Gasteiger partial charge in [0.2, 0.25) is 0 Å². The van der Waals surface area contributed by atoms with Gasteiger partial charge in [0.25, 0.3) is 0 Å². The maximum atomic E-state index is 12.7. The summed E-state index contributed by atoms with van der Waals surface area (Å²) in [5.74, 6) is -0.00618. The van der Waals surface area contributed by atoms with E-state index in [0.717, 1.165) is 40.1 Å². The lowest BCUT2D eigenvalue weighted by atomic mass is 9.95. The van der Waals surface area contributed by atoms with E-state index in [-0.39, 0.29) is 18.8 Å². The van der Waals surface area contributed by atoms with E-state index < -0.39 is 23.2 Å². The molecule has 1 amide bonds. The number of carbonyl (C=O) groups excluding carboxylic acids is 1. The van der Waals surface area contributed by atoms with Crippen LogP contribution >= 0.6 is 11.6 Å². The summed E-state index contributed by atoms with van der Waals surface area (Å²) in [4.78, 5) is 40.2. The van der Waals surface area contributed by atoms with Gasteiger partial charge < -0.3 is 35.1 Å². The number of nitrogens with two attached hydrogens (primary N) is 1. The molecule has 1 saturated heterocycles. The molecule has 2 aliphatic heterocycles. The standard InChI is InChI=1S/C30H32ClN7O5/c1-29(2,3)43-28(41)36-30(27(39)40)7-8-37(14-30)22-12-19(31)11-20(17-4-5-23-18(10-17)6-9-42-23)21(22)13-38-16-35-24-25(32)33-15-34-26(24)38/h4-5,10-12,15-16H,6-9,13-14H2,1-3H3,(H,36,41)(H,39,40)(H2,32,33,34). The number of carbonyl (C=O) groups is 2. The number of fused-ring (bicyclic) bond motifs is 2. The molecule has 4 heterocycles. The number of nitrogens with one attached hydrogen (secondary N) is 1. The molecule has 0 bridgehead atoms. The first-order valence-electron chi connectivity index (χ1n) is 13.9. The molecule has 0 radical (unpaired) electrons. The Labute approximate surface area is 252 Å². The van der Waals surface area contributed by atoms with E-state index in [2.05, 4.69) is 26.3 Å². The largest absolute Gasteiger partial charge is 0.493 e. The number of benzene rings is 2. The molecular weight excluding hydrogens is 574 g/mol. The molecule has 13 heteroatoms. The number of imidazole rings is 1. The van der Waals surface area contributed by atoms with Crippen LogP contribution in [-0.2, 0) is 22.5 Å². The van der Waals surface area contributed by atoms with Crippen molar-refractivity contribution in [2.75, 3.05) is 30.3 Å². The molecule has 0 saturated carbocycles. The van der Waals surface area contributed by atoms with Crippen molar-refractivity contribution >= 4 is 46.3 Å². The Morgan fingerprint density at radius 2 is 2.02 bits per heavy atom. The Hall–Kier alpha value is -4.58. The second-order valence-electron chi connectivity index (χ2n) is 11.9. The minimum atomic E-state index is -1.56. The third-order valence-corrected chi connectivity index (χ3v) is 7.93. The number of nitrogens with zero attached hydrogens (tertiary/aromatic N) is 5. The zero-order chi connectivity index (χ0) is 30.5. The number of nitrogen functional groups attached to an aromatic ring is 1. The average Bonchev–Trinajstić information content (AvgIpc) is 3.67. The van der Waals surface area contributed by atoms with Crippen LogP contribution in [0.5, 0.6) is 5.75 Å². The fourth-order valence-electron chi connectivity index (χ4n) is 5.71. The molecule has 2 aromatic carbocycles. The van der Waals surface area contributed by atoms with Gasteiger partial charge in [-0.05, 0) is 61.7 Å². The topological polar surface area (TPSA) is 158 Å². The summed E-state index contributed by atoms with van der Waals surface area (Å²) >= 11 is 6.74. The molecule has 4 aromatic rings. The van der Waals surface area contributed by atoms with Gasteiger partial charge in [-0.3, -0.25) is 0 Å². The van der Waals surface area contributed by atoms with Gasteiger partial charge in [0.15, 0.2) is 17.0 Å². The molecule has 1 fully saturated rings. The molecule has 1 atom stereocenters. The monoisotopic (exact) mass is 605 g/mol. The molecule has 4 N–H and O–H groups in total. The third-order valence-electron chi connectivity index (χ3n) is 7.71. The minimum Gasteiger partial charge on any atom is -0.493 e. The zero-order valence-corrected chi connectivity index (χ0v) is 24.8. The van der Waals surface area contributed by atoms with Crippen molar-refractivity contribution in [2.24, 2.45) is 0 Å². The number of hydrogen-bond donors (Lipinski definition) is 3. The maximum Gasteiger partial charge on any atom is 0.408 e. The van der Waals surface area contributed by atoms with E-state index in [1.54, 1.807) is 27.1 Å². The Morgan fingerprint density at radius 1 is 1.21 bits per heavy atom. The van der Waals surface area contributed by atoms with Gasteiger partial charge >= 0.3 is 12.1 Å². The van der Waals surface area contributed by atoms with Crippen LogP contribution in [0.15, 0.2) is 43.0 Å². The van der Waals surface area contributed by atoms with Crippen LogP contribution in [0.1, 0.15) is 38.3 Å². The van der Waals surface area contributed by atoms with Gasteiger partial charge in [-0.25, -0.2) is 24.5 Å². The first-order valence-corrected chi connectivity index (χ1v) is 14.3. The molecule has 2 aromatic heterocycles. The highest BCUT2D eigenvalue weighted by Gasteiger charge is 2.47. The number of ether oxygens (including phenoxy) is 2. The van der Waals surface area contributed by atoms with Crippen molar-refractivity contribution < 1.29 is 24.2 Å². The highest BCUT2D eigenvalue weighted by Crippen LogP contribution is 2.40. The molecular formula is C30H32ClN7O5. The van der Waals surface area contributed by atoms with E-state index in [4.69, 9.17) is 26.8 Å². The van der Waals surface area contributed by atoms with Crippen molar-refractivity contribution in [2.45, 2.75) is 51.3 Å². The maximum absolute atomic E-state index is 12.7. The van der Waals surface area contributed by atoms with Crippen LogP contribution < -0.4 is 20.7 Å². The number of amides is 1. The number of aliphatic carboxylic acids is 1. The van der Waals surface area contributed by atoms with Gasteiger partial charge in [0.05, 0.1) is 26.0 Å². The van der Waals surface area contributed by atoms with Crippen molar-refractivity contribution in [3.63, 3.8) is 0 Å². The second kappa shape index (κ2) is 10.6. The van der Waals surface area contributed by atoms with E-state index in [1.165, 1.54) is 6.33 Å². The summed E-state index contributed by atoms with van der Waals surface area (Å²) in [6.07, 6.45) is 3.23. The van der Waals surface area contributed by atoms with E-state index in [0.29, 0.717) is 35.9 Å². The summed E-state index contributed by atoms with van der Waals surface area (Å²) < 4.78 is 13.0. The number of alkyl carbamates (subject to hydrolysis) is 1. The molecule has 43 heavy (non-hydrogen) atoms. The predicted molar refractivity (Wildman–Crippen MR) is 161 cm³/mol. The van der Waals surface area contributed by atoms with Gasteiger partial charge in [-0.2, -0.15) is 0 Å². The summed E-state index contributed by atoms with van der Waals surface area (Å²) in [7, 11) is 0. The first kappa shape index (κ1) is 28.5. The molecule has 0 spiro atoms. The van der Waals surface area contributed by atoms with Crippen molar-refractivity contribution in [3.05, 3.63) is 59.1 Å². The molecule has 0 aliphatic carbocycles. The summed E-state index contributed by atoms with van der Waals surface area (Å²) in [6.45, 7) is 6.50. The highest BCUT2D eigenvalue weighted by molar-refractivity contribution is 6.31. The van der Waals surface area contributed by atoms with Crippen molar-refractivity contribution in [1.29, 1.82) is 0 Å². The quantitative estimate of drug-likeness (QED) is 0.290. The number of aromatic nitrogens is 4. The Balaban J connectivity index is 1.44. The van der Waals surface area contributed by atoms with E-state index >= 15 is 0 Å². The zero-order valence-electron chi connectivity index (χ0n) is 24.1. The fourth-order valence-corrected chi connectivity index (χ4v) is 5.92. The lowest BCUT2D eigenvalue weighted by molar-refractivity contribution is -0.143. The number of halogens is 1. The van der Waals surface area contributed by atoms with Gasteiger partial charge in [-0.15, -0.1) is 0 Å². The number of rotatable bonds is 6. The Morgan fingerprint density at radius 3 is 2.79 bits per heavy atom. The average molecular weight is 606 g/mol. The fraction of sp³-hybridized carbons (Fsp3) is 0.367. The van der Waals surface area contributed by atoms with Gasteiger partial charge in [0, 0.05) is 35.7 Å². The Bertz CT molecular complexity index is 1750. The lowest BCUT2D eigenvalue weighted by Gasteiger charge is -2.30. The number of anilines is 2. The van der Waals surface area contributed by atoms with Crippen molar-refractivity contribution in [1.82, 2.24) is 24.8 Å². The van der Waals surface area contributed by atoms with E-state index in [1.807, 2.05) is 33.7 Å². The third kappa shape index (κ3) is 5.50. The normalized spacial score (nSPS) is 18.0. The summed E-state index contributed by atoms with van der Waals surface area (Å²) in [5.41, 5.74) is 9.29. The molecule has 1 unspecified atom stereocenters. The Kier molecular flexibility index (Phi) is 7.04. The number of carboxylic acids is 1. The summed E-state index contributed by atoms with van der Waals surface area (Å²) in [6, 6.07) is 9.77. The second-order valence-corrected chi connectivity index (χ2v) is 12.3. The van der Waals surface area contributed by atoms with Crippen LogP contribution in [-0.4, -0.2) is 67.5 Å². The van der Waals surface area contributed by atoms with E-state index in [9.17, 15) is 14.7 Å². The highest BCUT2D eigenvalue weighted by atomic mass is 35.5. The number of carboxylic acid groups (broad SMARTS) is 1. The van der Waals surface area contributed by atoms with Crippen molar-refractivity contribution in [3.8, 4) is 16.9 Å². The van der Waals surface area contributed by atoms with Gasteiger partial charge in [-0.1, -0.05) is 17.7 Å². The first-order chi connectivity index (χ1) is 20.4. The van der Waals surface area contributed by atoms with Gasteiger partial charge in [0.1, 0.15) is 23.2 Å². The molecule has 2 aliphatic rings. The van der Waals surface area contributed by atoms with Crippen LogP contribution in [0.3, 0.4) is 0 Å². The van der Waals surface area contributed by atoms with Crippen LogP contribution in [0.2, 0.25) is 5.02 Å². The number of hydrogen-bond acceptors (Lipinski definition) is 9. The minimum absolute atomic E-state index is 0.00613. The predicted octanol–water partition coefficient (Wildman–Crippen LogP) is 4.27. The molecule has 12 nitrogen and oxygen atoms in total. The van der Waals surface area contributed by atoms with Crippen LogP contribution in [0, 0.1) is 0 Å². The van der Waals surface area contributed by atoms with Crippen LogP contribution in [0.4, 0.5) is 16.3 Å².